The molecule has 0 N–H and O–H groups in total. The molecule has 82 valence electrons. The van der Waals surface area contributed by atoms with Crippen LogP contribution in [0.15, 0.2) is 12.1 Å². The molecule has 0 amide bonds. The first-order valence-electron chi connectivity index (χ1n) is 5.44. The summed E-state index contributed by atoms with van der Waals surface area (Å²) in [4.78, 5) is 2.37. The van der Waals surface area contributed by atoms with Gasteiger partial charge in [-0.1, -0.05) is 15.9 Å². The Morgan fingerprint density at radius 3 is 2.93 bits per heavy atom. The molecule has 1 aliphatic heterocycles. The summed E-state index contributed by atoms with van der Waals surface area (Å²) < 4.78 is 0. The first kappa shape index (κ1) is 10.9. The number of piperidine rings is 1. The lowest BCUT2D eigenvalue weighted by atomic mass is 10.0. The molecule has 1 saturated heterocycles. The second-order valence-corrected chi connectivity index (χ2v) is 4.68. The van der Waals surface area contributed by atoms with Crippen LogP contribution in [0.1, 0.15) is 25.0 Å². The van der Waals surface area contributed by atoms with Crippen molar-refractivity contribution in [2.45, 2.75) is 32.2 Å². The lowest BCUT2D eigenvalue weighted by Crippen LogP contribution is -2.41. The number of alkyl halides is 1. The normalized spacial score (nSPS) is 21.7. The standard InChI is InChI=1S/C11H16BrN3/c1-9-5-6-11(14-13-9)15-7-3-2-4-10(15)8-12/h5-6,10H,2-4,7-8H2,1H3. The van der Waals surface area contributed by atoms with Crippen LogP contribution in [0.3, 0.4) is 0 Å². The van der Waals surface area contributed by atoms with E-state index in [1.807, 2.05) is 13.0 Å². The van der Waals surface area contributed by atoms with Gasteiger partial charge in [-0.3, -0.25) is 0 Å². The number of hydrogen-bond acceptors (Lipinski definition) is 3. The van der Waals surface area contributed by atoms with Crippen molar-refractivity contribution in [1.82, 2.24) is 10.2 Å². The minimum atomic E-state index is 0.579. The van der Waals surface area contributed by atoms with E-state index in [0.29, 0.717) is 6.04 Å². The Morgan fingerprint density at radius 2 is 2.27 bits per heavy atom. The average Bonchev–Trinajstić information content (AvgIpc) is 2.30. The van der Waals surface area contributed by atoms with Crippen LogP contribution in [0, 0.1) is 6.92 Å². The lowest BCUT2D eigenvalue weighted by Gasteiger charge is -2.35. The third-order valence-electron chi connectivity index (χ3n) is 2.88. The van der Waals surface area contributed by atoms with Crippen molar-refractivity contribution in [2.24, 2.45) is 0 Å². The van der Waals surface area contributed by atoms with Gasteiger partial charge in [0.1, 0.15) is 0 Å². The highest BCUT2D eigenvalue weighted by Gasteiger charge is 2.22. The fraction of sp³-hybridized carbons (Fsp3) is 0.636. The topological polar surface area (TPSA) is 29.0 Å². The molecule has 1 aromatic rings. The van der Waals surface area contributed by atoms with Crippen molar-refractivity contribution >= 4 is 21.7 Å². The maximum atomic E-state index is 4.26. The zero-order valence-electron chi connectivity index (χ0n) is 8.99. The van der Waals surface area contributed by atoms with Crippen LogP contribution in [0.2, 0.25) is 0 Å². The minimum absolute atomic E-state index is 0.579. The molecule has 0 saturated carbocycles. The van der Waals surface area contributed by atoms with Gasteiger partial charge < -0.3 is 4.90 Å². The molecule has 2 rings (SSSR count). The van der Waals surface area contributed by atoms with Gasteiger partial charge in [0.2, 0.25) is 0 Å². The highest BCUT2D eigenvalue weighted by atomic mass is 79.9. The molecule has 0 radical (unpaired) electrons. The molecule has 0 aliphatic carbocycles. The first-order chi connectivity index (χ1) is 7.31. The van der Waals surface area contributed by atoms with Gasteiger partial charge in [0.25, 0.3) is 0 Å². The third-order valence-corrected chi connectivity index (χ3v) is 3.63. The highest BCUT2D eigenvalue weighted by Crippen LogP contribution is 2.23. The summed E-state index contributed by atoms with van der Waals surface area (Å²) in [6.07, 6.45) is 3.84. The second-order valence-electron chi connectivity index (χ2n) is 4.03. The van der Waals surface area contributed by atoms with E-state index in [2.05, 4.69) is 37.1 Å². The molecule has 1 unspecified atom stereocenters. The molecule has 1 aliphatic rings. The van der Waals surface area contributed by atoms with E-state index in [0.717, 1.165) is 23.4 Å². The number of halogens is 1. The third kappa shape index (κ3) is 2.48. The number of anilines is 1. The first-order valence-corrected chi connectivity index (χ1v) is 6.56. The highest BCUT2D eigenvalue weighted by molar-refractivity contribution is 9.09. The van der Waals surface area contributed by atoms with Crippen LogP contribution in [-0.4, -0.2) is 28.1 Å². The van der Waals surface area contributed by atoms with Gasteiger partial charge in [0, 0.05) is 17.9 Å². The van der Waals surface area contributed by atoms with Crippen LogP contribution in [0.5, 0.6) is 0 Å². The Morgan fingerprint density at radius 1 is 1.40 bits per heavy atom. The van der Waals surface area contributed by atoms with Gasteiger partial charge >= 0.3 is 0 Å². The van der Waals surface area contributed by atoms with Crippen LogP contribution in [0.4, 0.5) is 5.82 Å². The maximum absolute atomic E-state index is 4.26. The van der Waals surface area contributed by atoms with Crippen molar-refractivity contribution in [2.75, 3.05) is 16.8 Å². The maximum Gasteiger partial charge on any atom is 0.151 e. The molecule has 0 bridgehead atoms. The molecular weight excluding hydrogens is 254 g/mol. The zero-order chi connectivity index (χ0) is 10.7. The van der Waals surface area contributed by atoms with Crippen LogP contribution >= 0.6 is 15.9 Å². The Balaban J connectivity index is 2.16. The summed E-state index contributed by atoms with van der Waals surface area (Å²) in [5, 5.41) is 9.39. The van der Waals surface area contributed by atoms with Crippen LogP contribution in [0.25, 0.3) is 0 Å². The quantitative estimate of drug-likeness (QED) is 0.773. The summed E-state index contributed by atoms with van der Waals surface area (Å²) in [6, 6.07) is 4.68. The molecule has 1 fully saturated rings. The molecule has 0 aromatic carbocycles. The van der Waals surface area contributed by atoms with Crippen molar-refractivity contribution in [3.63, 3.8) is 0 Å². The van der Waals surface area contributed by atoms with Gasteiger partial charge in [-0.25, -0.2) is 0 Å². The fourth-order valence-corrected chi connectivity index (χ4v) is 2.68. The molecule has 1 atom stereocenters. The monoisotopic (exact) mass is 269 g/mol. The Hall–Kier alpha value is -0.640. The molecular formula is C11H16BrN3. The number of aryl methyl sites for hydroxylation is 1. The van der Waals surface area contributed by atoms with Crippen molar-refractivity contribution in [3.8, 4) is 0 Å². The summed E-state index contributed by atoms with van der Waals surface area (Å²) in [6.45, 7) is 3.07. The fourth-order valence-electron chi connectivity index (χ4n) is 2.01. The van der Waals surface area contributed by atoms with Gasteiger partial charge in [0.15, 0.2) is 5.82 Å². The van der Waals surface area contributed by atoms with Crippen molar-refractivity contribution in [3.05, 3.63) is 17.8 Å². The summed E-state index contributed by atoms with van der Waals surface area (Å²) in [5.41, 5.74) is 0.978. The molecule has 2 heterocycles. The van der Waals surface area contributed by atoms with Crippen LogP contribution in [-0.2, 0) is 0 Å². The van der Waals surface area contributed by atoms with E-state index in [1.54, 1.807) is 0 Å². The second kappa shape index (κ2) is 4.92. The van der Waals surface area contributed by atoms with Crippen molar-refractivity contribution in [1.29, 1.82) is 0 Å². The van der Waals surface area contributed by atoms with E-state index >= 15 is 0 Å². The van der Waals surface area contributed by atoms with E-state index in [-0.39, 0.29) is 0 Å². The predicted molar refractivity (Wildman–Crippen MR) is 65.5 cm³/mol. The summed E-state index contributed by atoms with van der Waals surface area (Å²) in [7, 11) is 0. The molecule has 3 nitrogen and oxygen atoms in total. The van der Waals surface area contributed by atoms with E-state index < -0.39 is 0 Å². The average molecular weight is 270 g/mol. The van der Waals surface area contributed by atoms with E-state index in [4.69, 9.17) is 0 Å². The number of hydrogen-bond donors (Lipinski definition) is 0. The largest absolute Gasteiger partial charge is 0.351 e. The summed E-state index contributed by atoms with van der Waals surface area (Å²) in [5.74, 6) is 1.02. The van der Waals surface area contributed by atoms with Gasteiger partial charge in [0.05, 0.1) is 5.69 Å². The van der Waals surface area contributed by atoms with Gasteiger partial charge in [-0.2, -0.15) is 5.10 Å². The summed E-state index contributed by atoms with van der Waals surface area (Å²) >= 11 is 3.57. The van der Waals surface area contributed by atoms with Crippen LogP contribution < -0.4 is 4.90 Å². The molecule has 15 heavy (non-hydrogen) atoms. The van der Waals surface area contributed by atoms with E-state index in [9.17, 15) is 0 Å². The van der Waals surface area contributed by atoms with Crippen molar-refractivity contribution < 1.29 is 0 Å². The SMILES string of the molecule is Cc1ccc(N2CCCCC2CBr)nn1. The molecule has 0 spiro atoms. The molecule has 4 heteroatoms. The predicted octanol–water partition coefficient (Wildman–Crippen LogP) is 2.54. The molecule has 1 aromatic heterocycles. The van der Waals surface area contributed by atoms with Gasteiger partial charge in [-0.15, -0.1) is 5.10 Å². The number of rotatable bonds is 2. The zero-order valence-corrected chi connectivity index (χ0v) is 10.6. The Labute approximate surface area is 99.0 Å². The lowest BCUT2D eigenvalue weighted by molar-refractivity contribution is 0.486. The Bertz CT molecular complexity index is 312. The number of nitrogens with zero attached hydrogens (tertiary/aromatic N) is 3. The Kier molecular flexibility index (Phi) is 3.57. The number of aromatic nitrogens is 2. The van der Waals surface area contributed by atoms with Gasteiger partial charge in [-0.05, 0) is 38.3 Å². The minimum Gasteiger partial charge on any atom is -0.351 e. The van der Waals surface area contributed by atoms with E-state index in [1.165, 1.54) is 19.3 Å². The smallest absolute Gasteiger partial charge is 0.151 e.